The average Bonchev–Trinajstić information content (AvgIpc) is 3.22. The topological polar surface area (TPSA) is 9.23 Å². The van der Waals surface area contributed by atoms with Crippen molar-refractivity contribution in [2.75, 3.05) is 12.9 Å². The molecule has 214 valence electrons. The lowest BCUT2D eigenvalue weighted by Gasteiger charge is -2.50. The minimum Gasteiger partial charge on any atom is -0.381 e. The van der Waals surface area contributed by atoms with Gasteiger partial charge in [0.1, 0.15) is 0 Å². The van der Waals surface area contributed by atoms with Gasteiger partial charge < -0.3 is 4.74 Å². The van der Waals surface area contributed by atoms with Gasteiger partial charge in [-0.15, -0.1) is 0 Å². The second-order valence-electron chi connectivity index (χ2n) is 12.2. The third-order valence-corrected chi connectivity index (χ3v) is 11.8. The van der Waals surface area contributed by atoms with Gasteiger partial charge in [-0.3, -0.25) is 0 Å². The molecule has 0 radical (unpaired) electrons. The van der Waals surface area contributed by atoms with Gasteiger partial charge in [0.25, 0.3) is 0 Å². The van der Waals surface area contributed by atoms with Gasteiger partial charge in [0.2, 0.25) is 0 Å². The molecular formula is C31H50F4OS. The van der Waals surface area contributed by atoms with Crippen LogP contribution in [0.15, 0.2) is 24.3 Å². The maximum atomic E-state index is 13.0. The zero-order valence-electron chi connectivity index (χ0n) is 23.7. The van der Waals surface area contributed by atoms with Crippen LogP contribution in [-0.2, 0) is 11.2 Å². The van der Waals surface area contributed by atoms with E-state index in [1.165, 1.54) is 38.5 Å². The summed E-state index contributed by atoms with van der Waals surface area (Å²) in [5.74, 6) is -4.68. The van der Waals surface area contributed by atoms with E-state index in [2.05, 4.69) is 38.1 Å². The van der Waals surface area contributed by atoms with Gasteiger partial charge in [-0.05, 0) is 97.8 Å². The molecule has 0 N–H and O–H groups in total. The molecule has 6 heteroatoms. The van der Waals surface area contributed by atoms with Crippen LogP contribution in [0.2, 0.25) is 0 Å². The third-order valence-electron chi connectivity index (χ3n) is 10.1. The Kier molecular flexibility index (Phi) is 10.1. The van der Waals surface area contributed by atoms with Crippen LogP contribution in [0.1, 0.15) is 111 Å². The predicted molar refractivity (Wildman–Crippen MR) is 150 cm³/mol. The van der Waals surface area contributed by atoms with Crippen molar-refractivity contribution in [2.45, 2.75) is 127 Å². The summed E-state index contributed by atoms with van der Waals surface area (Å²) in [6.45, 7) is 8.96. The monoisotopic (exact) mass is 546 g/mol. The van der Waals surface area contributed by atoms with Gasteiger partial charge >= 0.3 is 11.8 Å². The van der Waals surface area contributed by atoms with E-state index < -0.39 is 18.3 Å². The maximum Gasteiger partial charge on any atom is 0.309 e. The number of rotatable bonds is 9. The van der Waals surface area contributed by atoms with Crippen molar-refractivity contribution in [3.05, 3.63) is 35.4 Å². The van der Waals surface area contributed by atoms with Crippen LogP contribution in [-0.4, -0.2) is 35.6 Å². The Labute approximate surface area is 228 Å². The second kappa shape index (κ2) is 12.2. The molecule has 1 aromatic carbocycles. The van der Waals surface area contributed by atoms with E-state index in [0.29, 0.717) is 17.3 Å². The van der Waals surface area contributed by atoms with Crippen molar-refractivity contribution in [3.63, 3.8) is 0 Å². The van der Waals surface area contributed by atoms with E-state index in [1.807, 2.05) is 21.0 Å². The lowest BCUT2D eigenvalue weighted by atomic mass is 9.55. The van der Waals surface area contributed by atoms with Crippen molar-refractivity contribution < 1.29 is 23.7 Å². The van der Waals surface area contributed by atoms with E-state index in [1.54, 1.807) is 22.9 Å². The number of hydrogen-bond donors (Lipinski definition) is 0. The molecule has 0 amide bonds. The molecule has 3 aliphatic carbocycles. The van der Waals surface area contributed by atoms with Crippen molar-refractivity contribution in [3.8, 4) is 0 Å². The quantitative estimate of drug-likeness (QED) is 0.225. The van der Waals surface area contributed by atoms with Crippen LogP contribution < -0.4 is 0 Å². The molecule has 3 aliphatic rings. The fraction of sp³-hybridized carbons (Fsp3) is 0.806. The Balaban J connectivity index is 0.000000265. The third kappa shape index (κ3) is 6.70. The number of halogens is 4. The van der Waals surface area contributed by atoms with Crippen LogP contribution in [0.25, 0.3) is 0 Å². The van der Waals surface area contributed by atoms with Gasteiger partial charge in [0.05, 0.1) is 6.10 Å². The summed E-state index contributed by atoms with van der Waals surface area (Å²) >= 11 is 1.60. The zero-order chi connectivity index (χ0) is 27.5. The highest BCUT2D eigenvalue weighted by Gasteiger charge is 2.55. The molecule has 1 aromatic rings. The number of fused-ring (bicyclic) bond motifs is 5. The number of thioether (sulfide) groups is 1. The van der Waals surface area contributed by atoms with Crippen LogP contribution in [0.5, 0.6) is 0 Å². The highest BCUT2D eigenvalue weighted by Crippen LogP contribution is 2.61. The maximum absolute atomic E-state index is 13.0. The number of benzene rings is 1. The summed E-state index contributed by atoms with van der Waals surface area (Å²) in [5.41, 5.74) is 3.74. The number of ether oxygens (including phenoxy) is 1. The number of alkyl halides is 4. The van der Waals surface area contributed by atoms with Crippen molar-refractivity contribution in [1.29, 1.82) is 0 Å². The summed E-state index contributed by atoms with van der Waals surface area (Å²) in [6, 6.07) is 9.20. The average molecular weight is 547 g/mol. The number of aryl methyl sites for hydroxylation is 1. The summed E-state index contributed by atoms with van der Waals surface area (Å²) in [6.07, 6.45) is 9.87. The SMILES string of the molecule is CCC(C)(CC)SCCCC(F)(F)C(C)(F)F.COC1CCC2C3CCc4ccccc4C3CCC12C.[HH]. The Morgan fingerprint density at radius 2 is 1.70 bits per heavy atom. The van der Waals surface area contributed by atoms with Crippen LogP contribution in [0.3, 0.4) is 0 Å². The Bertz CT molecular complexity index is 872. The molecule has 0 aromatic heterocycles. The molecule has 5 atom stereocenters. The Morgan fingerprint density at radius 3 is 2.32 bits per heavy atom. The molecule has 0 aliphatic heterocycles. The molecule has 2 saturated carbocycles. The fourth-order valence-corrected chi connectivity index (χ4v) is 8.34. The second-order valence-corrected chi connectivity index (χ2v) is 13.8. The molecule has 37 heavy (non-hydrogen) atoms. The molecule has 0 heterocycles. The molecular weight excluding hydrogens is 496 g/mol. The zero-order valence-corrected chi connectivity index (χ0v) is 24.5. The minimum atomic E-state index is -3.92. The minimum absolute atomic E-state index is 0. The van der Waals surface area contributed by atoms with Crippen LogP contribution in [0.4, 0.5) is 17.6 Å². The lowest BCUT2D eigenvalue weighted by Crippen LogP contribution is -2.44. The van der Waals surface area contributed by atoms with E-state index in [4.69, 9.17) is 4.74 Å². The van der Waals surface area contributed by atoms with Crippen molar-refractivity contribution in [1.82, 2.24) is 0 Å². The molecule has 2 fully saturated rings. The summed E-state index contributed by atoms with van der Waals surface area (Å²) in [7, 11) is 1.92. The van der Waals surface area contributed by atoms with E-state index in [9.17, 15) is 17.6 Å². The first-order valence-corrected chi connectivity index (χ1v) is 15.3. The summed E-state index contributed by atoms with van der Waals surface area (Å²) in [5, 5.41) is 0. The first-order valence-electron chi connectivity index (χ1n) is 14.3. The highest BCUT2D eigenvalue weighted by molar-refractivity contribution is 8.00. The Hall–Kier alpha value is -0.750. The molecule has 5 unspecified atom stereocenters. The molecule has 0 spiro atoms. The molecule has 1 nitrogen and oxygen atoms in total. The summed E-state index contributed by atoms with van der Waals surface area (Å²) in [4.78, 5) is 0. The van der Waals surface area contributed by atoms with Gasteiger partial charge in [-0.25, -0.2) is 8.78 Å². The van der Waals surface area contributed by atoms with Gasteiger partial charge in [0, 0.05) is 26.6 Å². The molecule has 0 saturated heterocycles. The van der Waals surface area contributed by atoms with E-state index in [-0.39, 0.29) is 19.5 Å². The van der Waals surface area contributed by atoms with Gasteiger partial charge in [-0.1, -0.05) is 52.0 Å². The normalized spacial score (nSPS) is 29.6. The van der Waals surface area contributed by atoms with E-state index >= 15 is 0 Å². The summed E-state index contributed by atoms with van der Waals surface area (Å²) < 4.78 is 56.9. The standard InChI is InChI=1S/C19H26O.C12H22F4S.H2/c1-19-12-11-15-14-6-4-3-5-13(14)7-8-16(15)17(19)9-10-18(19)20-2;1-5-10(3,6-2)17-9-7-8-12(15,16)11(4,13)14;/h3-6,15-18H,7-12H2,1-2H3;5-9H2,1-4H3;1H. The number of hydrogen-bond acceptors (Lipinski definition) is 2. The van der Waals surface area contributed by atoms with Crippen molar-refractivity contribution in [2.24, 2.45) is 17.3 Å². The first-order chi connectivity index (χ1) is 17.3. The van der Waals surface area contributed by atoms with Gasteiger partial charge in [-0.2, -0.15) is 20.5 Å². The van der Waals surface area contributed by atoms with E-state index in [0.717, 1.165) is 30.6 Å². The fourth-order valence-electron chi connectivity index (χ4n) is 7.15. The van der Waals surface area contributed by atoms with Crippen molar-refractivity contribution >= 4 is 11.8 Å². The lowest BCUT2D eigenvalue weighted by molar-refractivity contribution is -0.200. The van der Waals surface area contributed by atoms with Crippen LogP contribution in [0, 0.1) is 17.3 Å². The molecule has 0 bridgehead atoms. The smallest absolute Gasteiger partial charge is 0.309 e. The van der Waals surface area contributed by atoms with Gasteiger partial charge in [0.15, 0.2) is 0 Å². The Morgan fingerprint density at radius 1 is 1.03 bits per heavy atom. The predicted octanol–water partition coefficient (Wildman–Crippen LogP) is 10.2. The highest BCUT2D eigenvalue weighted by atomic mass is 32.2. The number of methoxy groups -OCH3 is 1. The van der Waals surface area contributed by atoms with Crippen LogP contribution >= 0.6 is 11.8 Å². The first kappa shape index (κ1) is 30.8. The molecule has 4 rings (SSSR count). The largest absolute Gasteiger partial charge is 0.381 e.